The van der Waals surface area contributed by atoms with E-state index in [4.69, 9.17) is 4.74 Å². The highest BCUT2D eigenvalue weighted by Gasteiger charge is 2.15. The van der Waals surface area contributed by atoms with Crippen molar-refractivity contribution in [2.24, 2.45) is 0 Å². The molecular weight excluding hydrogens is 282 g/mol. The number of hydrogen-bond acceptors (Lipinski definition) is 4. The third-order valence-corrected chi connectivity index (χ3v) is 2.98. The van der Waals surface area contributed by atoms with E-state index in [1.54, 1.807) is 43.3 Å². The van der Waals surface area contributed by atoms with E-state index in [9.17, 15) is 9.59 Å². The van der Waals surface area contributed by atoms with Gasteiger partial charge in [-0.3, -0.25) is 4.79 Å². The van der Waals surface area contributed by atoms with Gasteiger partial charge in [0.15, 0.2) is 6.10 Å². The molecule has 0 aliphatic heterocycles. The van der Waals surface area contributed by atoms with Crippen LogP contribution in [-0.4, -0.2) is 25.1 Å². The molecule has 0 fully saturated rings. The molecule has 0 radical (unpaired) electrons. The van der Waals surface area contributed by atoms with Gasteiger partial charge in [0.25, 0.3) is 5.91 Å². The van der Waals surface area contributed by atoms with E-state index in [2.05, 4.69) is 10.1 Å². The monoisotopic (exact) mass is 299 g/mol. The molecule has 0 aliphatic rings. The predicted octanol–water partition coefficient (Wildman–Crippen LogP) is 2.88. The van der Waals surface area contributed by atoms with Crippen LogP contribution in [0.15, 0.2) is 54.6 Å². The molecule has 1 atom stereocenters. The van der Waals surface area contributed by atoms with Crippen LogP contribution in [0.5, 0.6) is 5.75 Å². The van der Waals surface area contributed by atoms with E-state index >= 15 is 0 Å². The molecule has 0 saturated heterocycles. The second-order valence-corrected chi connectivity index (χ2v) is 4.63. The second-order valence-electron chi connectivity index (χ2n) is 4.63. The molecule has 1 N–H and O–H groups in total. The average Bonchev–Trinajstić information content (AvgIpc) is 2.55. The summed E-state index contributed by atoms with van der Waals surface area (Å²) in [6.07, 6.45) is -0.663. The summed E-state index contributed by atoms with van der Waals surface area (Å²) in [4.78, 5) is 23.6. The van der Waals surface area contributed by atoms with Crippen LogP contribution in [0.2, 0.25) is 0 Å². The van der Waals surface area contributed by atoms with Crippen LogP contribution in [0.25, 0.3) is 0 Å². The Morgan fingerprint density at radius 3 is 2.45 bits per heavy atom. The van der Waals surface area contributed by atoms with Crippen LogP contribution in [-0.2, 0) is 9.53 Å². The Balaban J connectivity index is 2.01. The smallest absolute Gasteiger partial charge is 0.337 e. The number of ether oxygens (including phenoxy) is 2. The maximum absolute atomic E-state index is 12.1. The first-order valence-electron chi connectivity index (χ1n) is 6.81. The quantitative estimate of drug-likeness (QED) is 0.862. The normalized spacial score (nSPS) is 11.4. The van der Waals surface area contributed by atoms with E-state index in [1.807, 2.05) is 18.2 Å². The van der Waals surface area contributed by atoms with Gasteiger partial charge in [0.2, 0.25) is 0 Å². The lowest BCUT2D eigenvalue weighted by Crippen LogP contribution is -2.30. The van der Waals surface area contributed by atoms with E-state index < -0.39 is 12.1 Å². The van der Waals surface area contributed by atoms with Crippen LogP contribution >= 0.6 is 0 Å². The van der Waals surface area contributed by atoms with E-state index in [1.165, 1.54) is 7.11 Å². The topological polar surface area (TPSA) is 64.6 Å². The molecule has 1 amide bonds. The number of carbonyl (C=O) groups is 2. The highest BCUT2D eigenvalue weighted by atomic mass is 16.5. The third-order valence-electron chi connectivity index (χ3n) is 2.98. The van der Waals surface area contributed by atoms with Crippen molar-refractivity contribution in [3.63, 3.8) is 0 Å². The molecule has 0 bridgehead atoms. The predicted molar refractivity (Wildman–Crippen MR) is 82.9 cm³/mol. The summed E-state index contributed by atoms with van der Waals surface area (Å²) >= 11 is 0. The zero-order valence-corrected chi connectivity index (χ0v) is 12.4. The minimum absolute atomic E-state index is 0.300. The number of hydrogen-bond donors (Lipinski definition) is 1. The molecule has 0 spiro atoms. The minimum Gasteiger partial charge on any atom is -0.481 e. The highest BCUT2D eigenvalue weighted by molar-refractivity contribution is 5.96. The van der Waals surface area contributed by atoms with Crippen LogP contribution in [0, 0.1) is 0 Å². The maximum Gasteiger partial charge on any atom is 0.337 e. The third kappa shape index (κ3) is 4.09. The van der Waals surface area contributed by atoms with Gasteiger partial charge in [-0.25, -0.2) is 4.79 Å². The van der Waals surface area contributed by atoms with Crippen molar-refractivity contribution in [3.05, 3.63) is 60.2 Å². The Bertz CT molecular complexity index is 655. The Labute approximate surface area is 128 Å². The molecular formula is C17H17NO4. The molecule has 2 aromatic carbocycles. The molecule has 0 saturated carbocycles. The van der Waals surface area contributed by atoms with Gasteiger partial charge in [-0.05, 0) is 37.3 Å². The summed E-state index contributed by atoms with van der Waals surface area (Å²) in [6, 6.07) is 15.6. The van der Waals surface area contributed by atoms with Crippen molar-refractivity contribution in [2.45, 2.75) is 13.0 Å². The zero-order chi connectivity index (χ0) is 15.9. The number of amides is 1. The van der Waals surface area contributed by atoms with E-state index in [0.717, 1.165) is 0 Å². The van der Waals surface area contributed by atoms with E-state index in [0.29, 0.717) is 17.0 Å². The Kier molecular flexibility index (Phi) is 5.14. The molecule has 5 heteroatoms. The van der Waals surface area contributed by atoms with Crippen molar-refractivity contribution in [2.75, 3.05) is 12.4 Å². The first-order valence-corrected chi connectivity index (χ1v) is 6.81. The van der Waals surface area contributed by atoms with Crippen molar-refractivity contribution in [1.82, 2.24) is 0 Å². The zero-order valence-electron chi connectivity index (χ0n) is 12.4. The summed E-state index contributed by atoms with van der Waals surface area (Å²) < 4.78 is 10.2. The maximum atomic E-state index is 12.1. The van der Waals surface area contributed by atoms with Gasteiger partial charge in [-0.1, -0.05) is 24.3 Å². The lowest BCUT2D eigenvalue weighted by Gasteiger charge is -2.15. The van der Waals surface area contributed by atoms with Gasteiger partial charge in [0.05, 0.1) is 12.7 Å². The molecule has 0 unspecified atom stereocenters. The first-order chi connectivity index (χ1) is 10.6. The van der Waals surface area contributed by atoms with Crippen molar-refractivity contribution < 1.29 is 19.1 Å². The molecule has 0 aromatic heterocycles. The fourth-order valence-corrected chi connectivity index (χ4v) is 1.84. The molecule has 22 heavy (non-hydrogen) atoms. The molecule has 5 nitrogen and oxygen atoms in total. The van der Waals surface area contributed by atoms with E-state index in [-0.39, 0.29) is 5.91 Å². The van der Waals surface area contributed by atoms with Gasteiger partial charge in [0, 0.05) is 5.69 Å². The van der Waals surface area contributed by atoms with Crippen molar-refractivity contribution in [1.29, 1.82) is 0 Å². The Morgan fingerprint density at radius 1 is 1.05 bits per heavy atom. The van der Waals surface area contributed by atoms with Gasteiger partial charge in [-0.15, -0.1) is 0 Å². The summed E-state index contributed by atoms with van der Waals surface area (Å²) in [5.41, 5.74) is 0.883. The largest absolute Gasteiger partial charge is 0.481 e. The summed E-state index contributed by atoms with van der Waals surface area (Å²) in [7, 11) is 1.31. The van der Waals surface area contributed by atoms with Gasteiger partial charge >= 0.3 is 5.97 Å². The Hall–Kier alpha value is -2.82. The fourth-order valence-electron chi connectivity index (χ4n) is 1.84. The number of rotatable bonds is 5. The van der Waals surface area contributed by atoms with Crippen LogP contribution in [0.1, 0.15) is 17.3 Å². The van der Waals surface area contributed by atoms with Crippen molar-refractivity contribution >= 4 is 17.6 Å². The Morgan fingerprint density at radius 2 is 1.77 bits per heavy atom. The summed E-state index contributed by atoms with van der Waals surface area (Å²) in [6.45, 7) is 1.66. The highest BCUT2D eigenvalue weighted by Crippen LogP contribution is 2.14. The number of anilines is 1. The van der Waals surface area contributed by atoms with Crippen LogP contribution in [0.4, 0.5) is 5.69 Å². The summed E-state index contributed by atoms with van der Waals surface area (Å²) in [5, 5.41) is 2.71. The standard InChI is InChI=1S/C17H17NO4/c1-12(22-15-9-4-3-5-10-15)16(19)18-14-8-6-7-13(11-14)17(20)21-2/h3-12H,1-2H3,(H,18,19)/t12-/m0/s1. The van der Waals surface area contributed by atoms with Crippen molar-refractivity contribution in [3.8, 4) is 5.75 Å². The number of benzene rings is 2. The molecule has 2 rings (SSSR count). The SMILES string of the molecule is COC(=O)c1cccc(NC(=O)[C@H](C)Oc2ccccc2)c1. The lowest BCUT2D eigenvalue weighted by molar-refractivity contribution is -0.122. The molecule has 2 aromatic rings. The number of esters is 1. The van der Waals surface area contributed by atoms with Gasteiger partial charge in [0.1, 0.15) is 5.75 Å². The number of carbonyl (C=O) groups excluding carboxylic acids is 2. The number of methoxy groups -OCH3 is 1. The number of para-hydroxylation sites is 1. The second kappa shape index (κ2) is 7.26. The van der Waals surface area contributed by atoms with Gasteiger partial charge in [-0.2, -0.15) is 0 Å². The van der Waals surface area contributed by atoms with Crippen LogP contribution < -0.4 is 10.1 Å². The molecule has 0 heterocycles. The molecule has 114 valence electrons. The fraction of sp³-hybridized carbons (Fsp3) is 0.176. The molecule has 0 aliphatic carbocycles. The first kappa shape index (κ1) is 15.6. The van der Waals surface area contributed by atoms with Crippen LogP contribution in [0.3, 0.4) is 0 Å². The summed E-state index contributed by atoms with van der Waals surface area (Å²) in [5.74, 6) is -0.135. The average molecular weight is 299 g/mol. The lowest BCUT2D eigenvalue weighted by atomic mass is 10.2. The minimum atomic E-state index is -0.663. The van der Waals surface area contributed by atoms with Gasteiger partial charge < -0.3 is 14.8 Å². The number of nitrogens with one attached hydrogen (secondary N) is 1.